The van der Waals surface area contributed by atoms with Gasteiger partial charge in [0.05, 0.1) is 5.69 Å². The van der Waals surface area contributed by atoms with Crippen LogP contribution in [0, 0.1) is 17.7 Å². The first kappa shape index (κ1) is 23.3. The molecule has 188 valence electrons. The third kappa shape index (κ3) is 4.56. The van der Waals surface area contributed by atoms with E-state index in [9.17, 15) is 4.79 Å². The minimum absolute atomic E-state index is 0.0764. The third-order valence-electron chi connectivity index (χ3n) is 8.68. The van der Waals surface area contributed by atoms with Crippen LogP contribution in [-0.2, 0) is 6.42 Å². The fourth-order valence-corrected chi connectivity index (χ4v) is 6.81. The molecular formula is C31H36FN3O. The number of hydrogen-bond acceptors (Lipinski definition) is 3. The molecule has 2 unspecified atom stereocenters. The molecule has 0 radical (unpaired) electrons. The van der Waals surface area contributed by atoms with E-state index in [-0.39, 0.29) is 11.7 Å². The van der Waals surface area contributed by atoms with Gasteiger partial charge in [-0.1, -0.05) is 41.5 Å². The fourth-order valence-electron chi connectivity index (χ4n) is 6.81. The second-order valence-electron chi connectivity index (χ2n) is 10.8. The predicted molar refractivity (Wildman–Crippen MR) is 144 cm³/mol. The SMILES string of the molecule is O=C(NCCc1c(N2CCC3=CCCC3C2)ccc(F)c1N1CCC2=CCCC2C1)c1ccccc1. The maximum atomic E-state index is 15.6. The zero-order chi connectivity index (χ0) is 24.5. The van der Waals surface area contributed by atoms with Crippen LogP contribution >= 0.6 is 0 Å². The second kappa shape index (κ2) is 10.1. The van der Waals surface area contributed by atoms with E-state index in [0.29, 0.717) is 30.4 Å². The van der Waals surface area contributed by atoms with Crippen molar-refractivity contribution in [3.05, 3.63) is 82.7 Å². The van der Waals surface area contributed by atoms with Gasteiger partial charge in [0.15, 0.2) is 0 Å². The number of halogens is 1. The van der Waals surface area contributed by atoms with Crippen molar-refractivity contribution in [1.29, 1.82) is 0 Å². The van der Waals surface area contributed by atoms with Gasteiger partial charge in [0.2, 0.25) is 0 Å². The first-order valence-corrected chi connectivity index (χ1v) is 13.7. The molecule has 0 aromatic heterocycles. The van der Waals surface area contributed by atoms with Gasteiger partial charge < -0.3 is 15.1 Å². The number of carbonyl (C=O) groups is 1. The Morgan fingerprint density at radius 3 is 2.28 bits per heavy atom. The van der Waals surface area contributed by atoms with Crippen LogP contribution in [-0.4, -0.2) is 38.6 Å². The van der Waals surface area contributed by atoms with Crippen LogP contribution in [0.5, 0.6) is 0 Å². The average Bonchev–Trinajstić information content (AvgIpc) is 3.58. The Labute approximate surface area is 213 Å². The second-order valence-corrected chi connectivity index (χ2v) is 10.8. The molecule has 2 aliphatic heterocycles. The van der Waals surface area contributed by atoms with Gasteiger partial charge in [-0.25, -0.2) is 4.39 Å². The molecule has 6 rings (SSSR count). The first-order chi connectivity index (χ1) is 17.7. The molecular weight excluding hydrogens is 449 g/mol. The maximum absolute atomic E-state index is 15.6. The van der Waals surface area contributed by atoms with Crippen LogP contribution in [0.15, 0.2) is 65.8 Å². The number of nitrogens with zero attached hydrogens (tertiary/aromatic N) is 2. The maximum Gasteiger partial charge on any atom is 0.251 e. The van der Waals surface area contributed by atoms with Crippen molar-refractivity contribution >= 4 is 17.3 Å². The molecule has 36 heavy (non-hydrogen) atoms. The number of anilines is 2. The van der Waals surface area contributed by atoms with Gasteiger partial charge in [-0.3, -0.25) is 4.79 Å². The van der Waals surface area contributed by atoms with Crippen LogP contribution in [0.1, 0.15) is 54.4 Å². The Hall–Kier alpha value is -3.08. The molecule has 4 nitrogen and oxygen atoms in total. The van der Waals surface area contributed by atoms with Crippen LogP contribution in [0.2, 0.25) is 0 Å². The highest BCUT2D eigenvalue weighted by Gasteiger charge is 2.32. The molecule has 2 aliphatic carbocycles. The first-order valence-electron chi connectivity index (χ1n) is 13.7. The summed E-state index contributed by atoms with van der Waals surface area (Å²) in [7, 11) is 0. The van der Waals surface area contributed by atoms with Gasteiger partial charge in [0.25, 0.3) is 5.91 Å². The molecule has 2 saturated heterocycles. The fraction of sp³-hybridized carbons (Fsp3) is 0.452. The molecule has 2 aromatic rings. The number of hydrogen-bond donors (Lipinski definition) is 1. The molecule has 4 aliphatic rings. The molecule has 2 heterocycles. The average molecular weight is 486 g/mol. The van der Waals surface area contributed by atoms with Gasteiger partial charge in [-0.15, -0.1) is 0 Å². The van der Waals surface area contributed by atoms with E-state index in [1.807, 2.05) is 36.4 Å². The predicted octanol–water partition coefficient (Wildman–Crippen LogP) is 5.89. The summed E-state index contributed by atoms with van der Waals surface area (Å²) in [6, 6.07) is 13.0. The summed E-state index contributed by atoms with van der Waals surface area (Å²) in [4.78, 5) is 17.5. The van der Waals surface area contributed by atoms with Crippen molar-refractivity contribution in [2.24, 2.45) is 11.8 Å². The highest BCUT2D eigenvalue weighted by atomic mass is 19.1. The number of rotatable bonds is 6. The number of allylic oxidation sites excluding steroid dienone is 2. The Bertz CT molecular complexity index is 1190. The number of carbonyl (C=O) groups excluding carboxylic acids is 1. The summed E-state index contributed by atoms with van der Waals surface area (Å²) in [6.07, 6.45) is 12.3. The summed E-state index contributed by atoms with van der Waals surface area (Å²) < 4.78 is 15.6. The quantitative estimate of drug-likeness (QED) is 0.518. The van der Waals surface area contributed by atoms with E-state index in [2.05, 4.69) is 27.3 Å². The van der Waals surface area contributed by atoms with E-state index >= 15 is 4.39 Å². The molecule has 0 spiro atoms. The highest BCUT2D eigenvalue weighted by Crippen LogP contribution is 2.41. The van der Waals surface area contributed by atoms with Gasteiger partial charge in [-0.05, 0) is 81.0 Å². The monoisotopic (exact) mass is 485 g/mol. The molecule has 2 atom stereocenters. The van der Waals surface area contributed by atoms with E-state index in [1.165, 1.54) is 19.3 Å². The van der Waals surface area contributed by atoms with E-state index in [0.717, 1.165) is 62.4 Å². The summed E-state index contributed by atoms with van der Waals surface area (Å²) in [5.74, 6) is 0.965. The third-order valence-corrected chi connectivity index (χ3v) is 8.68. The minimum atomic E-state index is -0.132. The van der Waals surface area contributed by atoms with Crippen molar-refractivity contribution in [1.82, 2.24) is 5.32 Å². The minimum Gasteiger partial charge on any atom is -0.370 e. The van der Waals surface area contributed by atoms with E-state index < -0.39 is 0 Å². The molecule has 5 heteroatoms. The smallest absolute Gasteiger partial charge is 0.251 e. The van der Waals surface area contributed by atoms with Crippen LogP contribution in [0.4, 0.5) is 15.8 Å². The highest BCUT2D eigenvalue weighted by molar-refractivity contribution is 5.94. The van der Waals surface area contributed by atoms with Gasteiger partial charge in [0.1, 0.15) is 5.82 Å². The number of nitrogens with one attached hydrogen (secondary N) is 1. The lowest BCUT2D eigenvalue weighted by Gasteiger charge is -2.39. The van der Waals surface area contributed by atoms with Crippen molar-refractivity contribution in [3.63, 3.8) is 0 Å². The molecule has 1 amide bonds. The van der Waals surface area contributed by atoms with Crippen molar-refractivity contribution in [3.8, 4) is 0 Å². The molecule has 0 bridgehead atoms. The Balaban J connectivity index is 1.28. The lowest BCUT2D eigenvalue weighted by atomic mass is 9.91. The van der Waals surface area contributed by atoms with Crippen LogP contribution in [0.25, 0.3) is 0 Å². The number of fused-ring (bicyclic) bond motifs is 2. The van der Waals surface area contributed by atoms with Gasteiger partial charge >= 0.3 is 0 Å². The lowest BCUT2D eigenvalue weighted by Crippen LogP contribution is -2.39. The number of piperidine rings is 2. The number of benzene rings is 2. The molecule has 2 fully saturated rings. The van der Waals surface area contributed by atoms with Gasteiger partial charge in [-0.2, -0.15) is 0 Å². The van der Waals surface area contributed by atoms with Crippen molar-refractivity contribution < 1.29 is 9.18 Å². The Kier molecular flexibility index (Phi) is 6.56. The Morgan fingerprint density at radius 2 is 1.56 bits per heavy atom. The zero-order valence-electron chi connectivity index (χ0n) is 21.0. The number of amides is 1. The molecule has 1 N–H and O–H groups in total. The van der Waals surface area contributed by atoms with Crippen molar-refractivity contribution in [2.75, 3.05) is 42.5 Å². The largest absolute Gasteiger partial charge is 0.370 e. The Morgan fingerprint density at radius 1 is 0.889 bits per heavy atom. The summed E-state index contributed by atoms with van der Waals surface area (Å²) in [6.45, 7) is 4.23. The topological polar surface area (TPSA) is 35.6 Å². The van der Waals surface area contributed by atoms with Gasteiger partial charge in [0, 0.05) is 49.5 Å². The van der Waals surface area contributed by atoms with E-state index in [1.54, 1.807) is 17.2 Å². The standard InChI is InChI=1S/C31H36FN3O/c32-28-12-13-29(34-18-15-22-8-4-10-25(22)20-34)27(14-17-33-31(36)24-6-2-1-3-7-24)30(28)35-19-16-23-9-5-11-26(23)21-35/h1-3,6-9,12-13,25-26H,4-5,10-11,14-21H2,(H,33,36). The van der Waals surface area contributed by atoms with Crippen molar-refractivity contribution in [2.45, 2.75) is 44.9 Å². The summed E-state index contributed by atoms with van der Waals surface area (Å²) >= 11 is 0. The molecule has 0 saturated carbocycles. The zero-order valence-corrected chi connectivity index (χ0v) is 21.0. The summed E-state index contributed by atoms with van der Waals surface area (Å²) in [5.41, 5.74) is 6.81. The molecule has 2 aromatic carbocycles. The van der Waals surface area contributed by atoms with Crippen LogP contribution in [0.3, 0.4) is 0 Å². The summed E-state index contributed by atoms with van der Waals surface area (Å²) in [5, 5.41) is 3.08. The van der Waals surface area contributed by atoms with Crippen LogP contribution < -0.4 is 15.1 Å². The normalized spacial score (nSPS) is 23.1. The van der Waals surface area contributed by atoms with E-state index in [4.69, 9.17) is 0 Å². The lowest BCUT2D eigenvalue weighted by molar-refractivity contribution is 0.0954.